The average molecular weight is 290 g/mol. The highest BCUT2D eigenvalue weighted by Gasteiger charge is 2.31. The van der Waals surface area contributed by atoms with E-state index < -0.39 is 22.9 Å². The van der Waals surface area contributed by atoms with Crippen LogP contribution in [-0.2, 0) is 9.53 Å². The van der Waals surface area contributed by atoms with Crippen LogP contribution in [0.5, 0.6) is 0 Å². The zero-order chi connectivity index (χ0) is 14.3. The number of nitrogens with one attached hydrogen (secondary N) is 1. The number of thioether (sulfide) groups is 1. The summed E-state index contributed by atoms with van der Waals surface area (Å²) in [6.07, 6.45) is 1.61. The molecule has 0 radical (unpaired) electrons. The highest BCUT2D eigenvalue weighted by Crippen LogP contribution is 2.34. The van der Waals surface area contributed by atoms with Crippen LogP contribution in [0.25, 0.3) is 11.1 Å². The molecule has 1 aliphatic rings. The molecule has 0 amide bonds. The van der Waals surface area contributed by atoms with Gasteiger partial charge in [-0.15, -0.1) is 11.8 Å². The van der Waals surface area contributed by atoms with Crippen LogP contribution >= 0.6 is 11.8 Å². The predicted octanol–water partition coefficient (Wildman–Crippen LogP) is 0.404. The van der Waals surface area contributed by atoms with Crippen molar-refractivity contribution in [3.05, 3.63) is 38.8 Å². The first kappa shape index (κ1) is 12.9. The highest BCUT2D eigenvalue weighted by atomic mass is 32.2. The van der Waals surface area contributed by atoms with Gasteiger partial charge in [0.2, 0.25) is 10.9 Å². The average Bonchev–Trinajstić information content (AvgIpc) is 2.47. The SMILES string of the molecule is COC(=O)[C@@H]1CSc2ncccc2-c2c(c(=O)c2=O)N1. The molecule has 1 N–H and O–H groups in total. The van der Waals surface area contributed by atoms with Crippen LogP contribution in [-0.4, -0.2) is 29.9 Å². The third kappa shape index (κ3) is 1.82. The maximum atomic E-state index is 11.8. The van der Waals surface area contributed by atoms with E-state index in [-0.39, 0.29) is 5.69 Å². The van der Waals surface area contributed by atoms with Crippen molar-refractivity contribution in [3.63, 3.8) is 0 Å². The number of hydrogen-bond donors (Lipinski definition) is 1. The summed E-state index contributed by atoms with van der Waals surface area (Å²) >= 11 is 1.35. The topological polar surface area (TPSA) is 85.4 Å². The highest BCUT2D eigenvalue weighted by molar-refractivity contribution is 7.99. The van der Waals surface area contributed by atoms with Crippen molar-refractivity contribution in [3.8, 4) is 11.1 Å². The van der Waals surface area contributed by atoms with E-state index >= 15 is 0 Å². The van der Waals surface area contributed by atoms with Crippen LogP contribution in [0.3, 0.4) is 0 Å². The first-order chi connectivity index (χ1) is 9.63. The van der Waals surface area contributed by atoms with E-state index in [2.05, 4.69) is 15.0 Å². The maximum absolute atomic E-state index is 11.8. The first-order valence-electron chi connectivity index (χ1n) is 5.89. The van der Waals surface area contributed by atoms with E-state index in [0.717, 1.165) is 0 Å². The summed E-state index contributed by atoms with van der Waals surface area (Å²) in [6.45, 7) is 0. The minimum Gasteiger partial charge on any atom is -0.467 e. The quantitative estimate of drug-likeness (QED) is 0.601. The second-order valence-corrected chi connectivity index (χ2v) is 5.30. The van der Waals surface area contributed by atoms with Crippen molar-refractivity contribution in [2.75, 3.05) is 18.2 Å². The van der Waals surface area contributed by atoms with Crippen LogP contribution in [0.1, 0.15) is 0 Å². The molecule has 0 fully saturated rings. The molecule has 6 nitrogen and oxygen atoms in total. The number of nitrogens with zero attached hydrogens (tertiary/aromatic N) is 1. The molecule has 2 heterocycles. The van der Waals surface area contributed by atoms with Crippen LogP contribution in [0.4, 0.5) is 5.69 Å². The van der Waals surface area contributed by atoms with Crippen LogP contribution < -0.4 is 16.2 Å². The minimum absolute atomic E-state index is 0.181. The van der Waals surface area contributed by atoms with Gasteiger partial charge in [-0.1, -0.05) is 0 Å². The molecule has 2 aromatic rings. The summed E-state index contributed by atoms with van der Waals surface area (Å²) in [6, 6.07) is 2.77. The molecule has 20 heavy (non-hydrogen) atoms. The van der Waals surface area contributed by atoms with Gasteiger partial charge in [0, 0.05) is 17.5 Å². The molecule has 1 aromatic carbocycles. The number of anilines is 1. The number of aromatic nitrogens is 1. The van der Waals surface area contributed by atoms with Crippen LogP contribution in [0, 0.1) is 0 Å². The lowest BCUT2D eigenvalue weighted by Crippen LogP contribution is -2.43. The number of carbonyl (C=O) groups excluding carboxylic acids is 1. The summed E-state index contributed by atoms with van der Waals surface area (Å²) in [5, 5.41) is 3.45. The summed E-state index contributed by atoms with van der Waals surface area (Å²) in [5.41, 5.74) is -0.0319. The van der Waals surface area contributed by atoms with Gasteiger partial charge >= 0.3 is 5.97 Å². The first-order valence-corrected chi connectivity index (χ1v) is 6.88. The van der Waals surface area contributed by atoms with Gasteiger partial charge in [-0.3, -0.25) is 9.59 Å². The number of esters is 1. The standard InChI is InChI=1S/C13H10N2O4S/c1-19-13(18)7-5-20-12-6(3-2-4-14-12)8-9(15-7)11(17)10(8)16/h2-4,7,15H,5H2,1H3/t7-/m0/s1. The Kier molecular flexibility index (Phi) is 3.06. The van der Waals surface area contributed by atoms with E-state index in [1.54, 1.807) is 18.3 Å². The van der Waals surface area contributed by atoms with Gasteiger partial charge in [0.05, 0.1) is 18.4 Å². The Morgan fingerprint density at radius 1 is 1.45 bits per heavy atom. The van der Waals surface area contributed by atoms with E-state index in [0.29, 0.717) is 21.9 Å². The Hall–Kier alpha value is -2.15. The van der Waals surface area contributed by atoms with Crippen molar-refractivity contribution < 1.29 is 9.53 Å². The largest absolute Gasteiger partial charge is 0.467 e. The zero-order valence-electron chi connectivity index (χ0n) is 10.5. The molecule has 0 bridgehead atoms. The van der Waals surface area contributed by atoms with Crippen molar-refractivity contribution in [2.45, 2.75) is 11.1 Å². The molecule has 0 unspecified atom stereocenters. The van der Waals surface area contributed by atoms with E-state index in [1.807, 2.05) is 0 Å². The van der Waals surface area contributed by atoms with Gasteiger partial charge < -0.3 is 10.1 Å². The van der Waals surface area contributed by atoms with Crippen LogP contribution in [0.15, 0.2) is 32.9 Å². The summed E-state index contributed by atoms with van der Waals surface area (Å²) < 4.78 is 4.69. The molecule has 0 saturated heterocycles. The fourth-order valence-electron chi connectivity index (χ4n) is 2.13. The van der Waals surface area contributed by atoms with Gasteiger partial charge in [-0.25, -0.2) is 9.78 Å². The fraction of sp³-hybridized carbons (Fsp3) is 0.231. The third-order valence-electron chi connectivity index (χ3n) is 3.14. The molecule has 0 saturated carbocycles. The zero-order valence-corrected chi connectivity index (χ0v) is 11.3. The molecule has 0 aliphatic carbocycles. The minimum atomic E-state index is -0.679. The van der Waals surface area contributed by atoms with Crippen molar-refractivity contribution in [2.24, 2.45) is 0 Å². The second kappa shape index (κ2) is 4.75. The Balaban J connectivity index is 2.13. The molecule has 1 atom stereocenters. The van der Waals surface area contributed by atoms with Crippen molar-refractivity contribution in [1.29, 1.82) is 0 Å². The van der Waals surface area contributed by atoms with E-state index in [1.165, 1.54) is 18.9 Å². The molecule has 7 heteroatoms. The van der Waals surface area contributed by atoms with E-state index in [4.69, 9.17) is 0 Å². The summed E-state index contributed by atoms with van der Waals surface area (Å²) in [7, 11) is 1.28. The van der Waals surface area contributed by atoms with Gasteiger partial charge in [0.15, 0.2) is 0 Å². The smallest absolute Gasteiger partial charge is 0.329 e. The van der Waals surface area contributed by atoms with Gasteiger partial charge in [0.1, 0.15) is 11.1 Å². The van der Waals surface area contributed by atoms with Crippen molar-refractivity contribution >= 4 is 23.4 Å². The molecule has 1 aliphatic heterocycles. The number of ether oxygens (including phenoxy) is 1. The Morgan fingerprint density at radius 3 is 3.00 bits per heavy atom. The molecule has 3 rings (SSSR count). The van der Waals surface area contributed by atoms with Gasteiger partial charge in [0.25, 0.3) is 0 Å². The third-order valence-corrected chi connectivity index (χ3v) is 4.24. The van der Waals surface area contributed by atoms with E-state index in [9.17, 15) is 14.4 Å². The Bertz CT molecular complexity index is 764. The lowest BCUT2D eigenvalue weighted by molar-refractivity contribution is -0.140. The van der Waals surface area contributed by atoms with Crippen molar-refractivity contribution in [1.82, 2.24) is 4.98 Å². The molecular weight excluding hydrogens is 280 g/mol. The number of rotatable bonds is 1. The van der Waals surface area contributed by atoms with Gasteiger partial charge in [-0.05, 0) is 12.1 Å². The lowest BCUT2D eigenvalue weighted by atomic mass is 9.99. The number of fused-ring (bicyclic) bond motifs is 3. The van der Waals surface area contributed by atoms with Crippen LogP contribution in [0.2, 0.25) is 0 Å². The predicted molar refractivity (Wildman–Crippen MR) is 74.7 cm³/mol. The number of pyridine rings is 1. The molecular formula is C13H10N2O4S. The number of hydrogen-bond acceptors (Lipinski definition) is 7. The molecule has 102 valence electrons. The Morgan fingerprint density at radius 2 is 2.25 bits per heavy atom. The summed E-state index contributed by atoms with van der Waals surface area (Å²) in [4.78, 5) is 39.3. The molecule has 0 spiro atoms. The fourth-order valence-corrected chi connectivity index (χ4v) is 3.13. The Labute approximate surface area is 117 Å². The lowest BCUT2D eigenvalue weighted by Gasteiger charge is -2.23. The number of methoxy groups -OCH3 is 1. The summed E-state index contributed by atoms with van der Waals surface area (Å²) in [5.74, 6) is -0.106. The number of carbonyl (C=O) groups is 1. The molecule has 1 aromatic heterocycles. The van der Waals surface area contributed by atoms with Gasteiger partial charge in [-0.2, -0.15) is 0 Å². The normalized spacial score (nSPS) is 17.4. The maximum Gasteiger partial charge on any atom is 0.329 e. The monoisotopic (exact) mass is 290 g/mol. The second-order valence-electron chi connectivity index (χ2n) is 4.30.